The Labute approximate surface area is 747 Å². The van der Waals surface area contributed by atoms with E-state index in [0.717, 1.165) is 44.1 Å². The van der Waals surface area contributed by atoms with Gasteiger partial charge in [-0.15, -0.1) is 0 Å². The molecule has 0 spiro atoms. The molecule has 11 heterocycles. The van der Waals surface area contributed by atoms with Crippen LogP contribution in [-0.4, -0.2) is 223 Å². The number of fused-ring (bicyclic) bond motifs is 3. The van der Waals surface area contributed by atoms with Crippen molar-refractivity contribution in [1.82, 2.24) is 75.3 Å². The van der Waals surface area contributed by atoms with Gasteiger partial charge in [-0.3, -0.25) is 72.5 Å². The Hall–Kier alpha value is -11.4. The maximum absolute atomic E-state index is 16.0. The third-order valence-corrected chi connectivity index (χ3v) is 27.9. The Bertz CT molecular complexity index is 5390. The fourth-order valence-electron chi connectivity index (χ4n) is 20.9. The van der Waals surface area contributed by atoms with Gasteiger partial charge in [-0.1, -0.05) is 31.4 Å². The SMILES string of the molecule is CC(=O)N1CCC(NC2CCN(C(=O)CCCCCCNc3ccc(C4CCN(C(N)C5CN(C(C)=O)CCC5NC5CCN(C(=O)CCCCCNc6cccc(N)c6C(=O)NC6CCC(=O)NC6=O)CC5)c5cc(C(F)F)c(-c6cnn(C)c6)cc54)c4nc(C)n(C5CCC(=O)NC5=O)c(=O)c34)CC2)C(C(N)N2CCCc3cc(-c4cnn(C)c4)c(C(F)F)cc32)C1. The second-order valence-corrected chi connectivity index (χ2v) is 36.3. The van der Waals surface area contributed by atoms with Crippen LogP contribution in [0, 0.1) is 18.8 Å². The number of unbranched alkanes of at least 4 members (excludes halogenated alkanes) is 5. The van der Waals surface area contributed by atoms with Gasteiger partial charge in [-0.25, -0.2) is 22.5 Å². The Morgan fingerprint density at radius 2 is 1.09 bits per heavy atom. The first-order chi connectivity index (χ1) is 62.0. The average Bonchev–Trinajstić information content (AvgIpc) is 1.09. The fraction of sp³-hybridized carbons (Fsp3) is 0.559. The standard InChI is InChI=1S/C93H122F4N22O10/c1-53-105-85-62(20-21-74(84(85)93(129)119(53)76-23-25-80(123)110-91(76)127)102-33-11-7-6-9-18-81(124)113-36-26-59(27-37-113)106-71-31-40-115(54(2)120)51-68(71)88(99)117-35-14-15-56-43-63(57-47-103-111(4)49-57)66(86(94)95)45-77(56)117)61-30-42-118(78-46-67(87(96)97)64(44-65(61)78)58-48-104-112(5)50-58)89(100)69-52-116(55(3)121)41-32-72(69)107-60-28-38-114(39-29-60)82(125)19-10-8-12-34-101-73-17-13-16-70(98)83(73)92(128)108-75-22-24-79(122)109-90(75)126/h13,16-17,20-21,43-50,59-61,68-69,71-72,75-76,86-89,101-102,106-107H,6-12,14-15,18-19,22-42,51-52,98-100H2,1-5H3,(H,108,128)(H,109,122,126)(H,110,123,127). The van der Waals surface area contributed by atoms with Gasteiger partial charge in [0, 0.05) is 237 Å². The van der Waals surface area contributed by atoms with Crippen molar-refractivity contribution in [3.8, 4) is 22.3 Å². The number of imide groups is 2. The van der Waals surface area contributed by atoms with Crippen molar-refractivity contribution in [2.45, 2.75) is 229 Å². The molecule has 4 aromatic carbocycles. The maximum atomic E-state index is 16.0. The highest BCUT2D eigenvalue weighted by molar-refractivity contribution is 6.08. The molecule has 0 radical (unpaired) electrons. The topological polar surface area (TPSA) is 406 Å². The van der Waals surface area contributed by atoms with Crippen LogP contribution < -0.4 is 69.8 Å². The number of piperidine rings is 6. The Morgan fingerprint density at radius 1 is 0.558 bits per heavy atom. The molecule has 8 aliphatic rings. The molecule has 3 aromatic heterocycles. The first kappa shape index (κ1) is 92.3. The highest BCUT2D eigenvalue weighted by atomic mass is 19.3. The monoisotopic (exact) mass is 1780 g/mol. The number of aryl methyl sites for hydroxylation is 4. The lowest BCUT2D eigenvalue weighted by molar-refractivity contribution is -0.137. The van der Waals surface area contributed by atoms with Gasteiger partial charge < -0.3 is 73.2 Å². The van der Waals surface area contributed by atoms with Crippen molar-refractivity contribution in [3.05, 3.63) is 129 Å². The van der Waals surface area contributed by atoms with Crippen LogP contribution in [0.1, 0.15) is 217 Å². The van der Waals surface area contributed by atoms with Crippen LogP contribution in [0.15, 0.2) is 84.2 Å². The molecule has 9 amide bonds. The normalized spacial score (nSPS) is 21.9. The fourth-order valence-corrected chi connectivity index (χ4v) is 20.9. The van der Waals surface area contributed by atoms with E-state index in [9.17, 15) is 51.9 Å². The minimum atomic E-state index is -2.94. The van der Waals surface area contributed by atoms with Gasteiger partial charge in [-0.2, -0.15) is 10.2 Å². The molecule has 9 unspecified atom stereocenters. The van der Waals surface area contributed by atoms with Gasteiger partial charge in [0.15, 0.2) is 0 Å². The van der Waals surface area contributed by atoms with Crippen molar-refractivity contribution in [3.63, 3.8) is 0 Å². The molecule has 7 aromatic rings. The van der Waals surface area contributed by atoms with Gasteiger partial charge >= 0.3 is 0 Å². The van der Waals surface area contributed by atoms with Gasteiger partial charge in [0.2, 0.25) is 47.3 Å². The Balaban J connectivity index is 0.587. The minimum absolute atomic E-state index is 0.00695. The van der Waals surface area contributed by atoms with Gasteiger partial charge in [0.1, 0.15) is 17.9 Å². The first-order valence-corrected chi connectivity index (χ1v) is 46.0. The quantitative estimate of drug-likeness (QED) is 0.00842. The van der Waals surface area contributed by atoms with Crippen LogP contribution in [0.3, 0.4) is 0 Å². The molecular weight excluding hydrogens is 1660 g/mol. The molecule has 15 rings (SSSR count). The van der Waals surface area contributed by atoms with Crippen LogP contribution in [0.4, 0.5) is 46.0 Å². The predicted molar refractivity (Wildman–Crippen MR) is 482 cm³/mol. The predicted octanol–water partition coefficient (Wildman–Crippen LogP) is 8.51. The number of nitrogens with zero attached hydrogens (tertiary/aromatic N) is 12. The van der Waals surface area contributed by atoms with Crippen LogP contribution in [-0.2, 0) is 58.9 Å². The molecule has 32 nitrogen and oxygen atoms in total. The molecule has 129 heavy (non-hydrogen) atoms. The zero-order valence-electron chi connectivity index (χ0n) is 74.2. The summed E-state index contributed by atoms with van der Waals surface area (Å²) in [6.07, 6.45) is 11.4. The van der Waals surface area contributed by atoms with E-state index >= 15 is 13.6 Å². The summed E-state index contributed by atoms with van der Waals surface area (Å²) in [6.45, 7) is 10.4. The molecule has 9 atom stereocenters. The number of benzene rings is 4. The number of hydrogen-bond donors (Lipinski definition) is 10. The van der Waals surface area contributed by atoms with Crippen molar-refractivity contribution in [1.29, 1.82) is 0 Å². The first-order valence-electron chi connectivity index (χ1n) is 46.0. The summed E-state index contributed by atoms with van der Waals surface area (Å²) < 4.78 is 66.2. The summed E-state index contributed by atoms with van der Waals surface area (Å²) in [5.41, 5.74) is 27.3. The molecule has 6 fully saturated rings. The van der Waals surface area contributed by atoms with Crippen molar-refractivity contribution >= 4 is 92.5 Å². The number of nitrogens with one attached hydrogen (secondary N) is 7. The van der Waals surface area contributed by atoms with E-state index in [1.807, 2.05) is 37.8 Å². The van der Waals surface area contributed by atoms with E-state index in [-0.39, 0.29) is 132 Å². The Kier molecular flexibility index (Phi) is 29.2. The van der Waals surface area contributed by atoms with E-state index in [1.165, 1.54) is 17.6 Å². The zero-order valence-corrected chi connectivity index (χ0v) is 74.2. The van der Waals surface area contributed by atoms with Crippen LogP contribution in [0.5, 0.6) is 0 Å². The third kappa shape index (κ3) is 20.8. The zero-order chi connectivity index (χ0) is 91.2. The Morgan fingerprint density at radius 3 is 1.64 bits per heavy atom. The lowest BCUT2D eigenvalue weighted by Crippen LogP contribution is -2.63. The second kappa shape index (κ2) is 40.7. The summed E-state index contributed by atoms with van der Waals surface area (Å²) in [4.78, 5) is 150. The second-order valence-electron chi connectivity index (χ2n) is 36.3. The molecule has 692 valence electrons. The number of rotatable bonds is 31. The summed E-state index contributed by atoms with van der Waals surface area (Å²) in [5, 5.41) is 30.9. The summed E-state index contributed by atoms with van der Waals surface area (Å²) in [5.74, 6) is -3.56. The van der Waals surface area contributed by atoms with E-state index in [4.69, 9.17) is 22.2 Å². The lowest BCUT2D eigenvalue weighted by Gasteiger charge is -2.48. The summed E-state index contributed by atoms with van der Waals surface area (Å²) in [6, 6.07) is 13.5. The summed E-state index contributed by atoms with van der Waals surface area (Å²) >= 11 is 0. The number of nitrogens with two attached hydrogens (primary N) is 3. The molecule has 6 saturated heterocycles. The highest BCUT2D eigenvalue weighted by Gasteiger charge is 2.45. The van der Waals surface area contributed by atoms with Crippen molar-refractivity contribution in [2.75, 3.05) is 105 Å². The third-order valence-electron chi connectivity index (χ3n) is 27.9. The molecule has 13 N–H and O–H groups in total. The summed E-state index contributed by atoms with van der Waals surface area (Å²) in [7, 11) is 3.47. The number of nitrogen functional groups attached to an aromatic ring is 1. The average molecular weight is 1780 g/mol. The van der Waals surface area contributed by atoms with E-state index in [2.05, 4.69) is 52.3 Å². The highest BCUT2D eigenvalue weighted by Crippen LogP contribution is 2.49. The number of halogens is 4. The number of carbonyl (C=O) groups is 9. The van der Waals surface area contributed by atoms with E-state index in [0.29, 0.717) is 199 Å². The minimum Gasteiger partial charge on any atom is -0.398 e. The van der Waals surface area contributed by atoms with Gasteiger partial charge in [0.25, 0.3) is 24.3 Å². The molecule has 0 saturated carbocycles. The van der Waals surface area contributed by atoms with Gasteiger partial charge in [0.05, 0.1) is 41.2 Å². The van der Waals surface area contributed by atoms with Crippen LogP contribution in [0.25, 0.3) is 33.2 Å². The van der Waals surface area contributed by atoms with Crippen molar-refractivity contribution in [2.24, 2.45) is 37.4 Å². The maximum Gasteiger partial charge on any atom is 0.264 e. The number of hydrogen-bond acceptors (Lipinski definition) is 22. The number of anilines is 5. The molecule has 0 aliphatic carbocycles. The number of amides is 9. The smallest absolute Gasteiger partial charge is 0.264 e. The molecule has 0 bridgehead atoms. The number of alkyl halides is 4. The lowest BCUT2D eigenvalue weighted by atomic mass is 9.79. The van der Waals surface area contributed by atoms with Gasteiger partial charge in [-0.05, 0) is 174 Å². The molecule has 8 aliphatic heterocycles. The van der Waals surface area contributed by atoms with Crippen LogP contribution >= 0.6 is 0 Å². The number of likely N-dealkylation sites (tertiary alicyclic amines) is 4. The van der Waals surface area contributed by atoms with E-state index < -0.39 is 84.2 Å². The molecular formula is C93H122F4N22O10. The van der Waals surface area contributed by atoms with E-state index in [1.54, 1.807) is 97.3 Å². The largest absolute Gasteiger partial charge is 0.398 e. The van der Waals surface area contributed by atoms with Crippen LogP contribution in [0.2, 0.25) is 0 Å². The molecule has 36 heteroatoms. The number of aromatic nitrogens is 6. The number of carbonyl (C=O) groups excluding carboxylic acids is 9. The van der Waals surface area contributed by atoms with Crippen molar-refractivity contribution < 1.29 is 60.7 Å².